The summed E-state index contributed by atoms with van der Waals surface area (Å²) in [7, 11) is 1.57. The Morgan fingerprint density at radius 1 is 1.55 bits per heavy atom. The van der Waals surface area contributed by atoms with Gasteiger partial charge >= 0.3 is 5.97 Å². The van der Waals surface area contributed by atoms with Gasteiger partial charge in [-0.2, -0.15) is 0 Å². The minimum atomic E-state index is -0.897. The smallest absolute Gasteiger partial charge is 0.313 e. The van der Waals surface area contributed by atoms with E-state index in [-0.39, 0.29) is 5.75 Å². The van der Waals surface area contributed by atoms with E-state index in [1.807, 2.05) is 6.92 Å². The highest BCUT2D eigenvalue weighted by Gasteiger charge is 2.17. The molecule has 0 atom stereocenters. The van der Waals surface area contributed by atoms with Crippen LogP contribution in [-0.2, 0) is 22.7 Å². The number of carboxylic acid groups (broad SMARTS) is 1. The summed E-state index contributed by atoms with van der Waals surface area (Å²) in [4.78, 5) is 10.6. The fourth-order valence-electron chi connectivity index (χ4n) is 1.62. The molecule has 0 unspecified atom stereocenters. The number of thioether (sulfide) groups is 1. The molecule has 0 aliphatic carbocycles. The molecule has 0 radical (unpaired) electrons. The first-order valence-electron chi connectivity index (χ1n) is 5.88. The van der Waals surface area contributed by atoms with Crippen molar-refractivity contribution in [1.82, 2.24) is 19.9 Å². The second-order valence-electron chi connectivity index (χ2n) is 3.84. The predicted molar refractivity (Wildman–Crippen MR) is 70.3 cm³/mol. The first-order chi connectivity index (χ1) is 9.65. The van der Waals surface area contributed by atoms with Crippen molar-refractivity contribution in [3.63, 3.8) is 0 Å². The number of hydrogen-bond donors (Lipinski definition) is 1. The van der Waals surface area contributed by atoms with Gasteiger partial charge < -0.3 is 18.9 Å². The van der Waals surface area contributed by atoms with Crippen molar-refractivity contribution in [3.05, 3.63) is 11.8 Å². The second kappa shape index (κ2) is 6.53. The Bertz CT molecular complexity index is 595. The molecule has 0 bridgehead atoms. The third-order valence-corrected chi connectivity index (χ3v) is 3.38. The molecular weight excluding hydrogens is 284 g/mol. The highest BCUT2D eigenvalue weighted by atomic mass is 32.2. The van der Waals surface area contributed by atoms with E-state index in [4.69, 9.17) is 14.4 Å². The van der Waals surface area contributed by atoms with Crippen molar-refractivity contribution in [2.45, 2.75) is 25.2 Å². The number of rotatable bonds is 7. The summed E-state index contributed by atoms with van der Waals surface area (Å²) in [5.74, 6) is 0.177. The zero-order valence-electron chi connectivity index (χ0n) is 11.1. The van der Waals surface area contributed by atoms with Gasteiger partial charge in [-0.15, -0.1) is 10.2 Å². The lowest BCUT2D eigenvalue weighted by atomic mass is 10.3. The summed E-state index contributed by atoms with van der Waals surface area (Å²) in [5.41, 5.74) is 0.550. The first-order valence-corrected chi connectivity index (χ1v) is 6.87. The van der Waals surface area contributed by atoms with Crippen molar-refractivity contribution in [1.29, 1.82) is 0 Å². The number of hydrogen-bond acceptors (Lipinski definition) is 7. The lowest BCUT2D eigenvalue weighted by Gasteiger charge is -2.03. The molecule has 0 aliphatic rings. The van der Waals surface area contributed by atoms with Crippen molar-refractivity contribution in [2.75, 3.05) is 12.9 Å². The Balaban J connectivity index is 2.24. The van der Waals surface area contributed by atoms with Crippen molar-refractivity contribution >= 4 is 17.7 Å². The van der Waals surface area contributed by atoms with Crippen LogP contribution in [-0.4, -0.2) is 43.9 Å². The molecular formula is C11H14N4O4S. The monoisotopic (exact) mass is 298 g/mol. The third-order valence-electron chi connectivity index (χ3n) is 2.43. The second-order valence-corrected chi connectivity index (χ2v) is 4.79. The highest BCUT2D eigenvalue weighted by molar-refractivity contribution is 7.99. The maximum atomic E-state index is 10.6. The molecule has 0 spiro atoms. The normalized spacial score (nSPS) is 10.9. The Hall–Kier alpha value is -1.87. The molecule has 2 rings (SSSR count). The fraction of sp³-hybridized carbons (Fsp3) is 0.455. The topological polar surface area (TPSA) is 103 Å². The molecule has 0 saturated carbocycles. The molecule has 8 nitrogen and oxygen atoms in total. The zero-order valence-corrected chi connectivity index (χ0v) is 11.9. The van der Waals surface area contributed by atoms with E-state index in [0.717, 1.165) is 11.8 Å². The van der Waals surface area contributed by atoms with E-state index < -0.39 is 5.97 Å². The van der Waals surface area contributed by atoms with Crippen LogP contribution in [0.5, 0.6) is 0 Å². The van der Waals surface area contributed by atoms with Crippen LogP contribution in [0.1, 0.15) is 12.7 Å². The van der Waals surface area contributed by atoms with Crippen LogP contribution in [0.2, 0.25) is 0 Å². The van der Waals surface area contributed by atoms with Crippen LogP contribution in [0.3, 0.4) is 0 Å². The standard InChI is InChI=1S/C11H14N4O4S/c1-3-15-10(8-4-7(5-18-2)19-14-8)12-13-11(15)20-6-9(16)17/h4H,3,5-6H2,1-2H3,(H,16,17). The van der Waals surface area contributed by atoms with E-state index in [2.05, 4.69) is 15.4 Å². The number of methoxy groups -OCH3 is 1. The Morgan fingerprint density at radius 3 is 3.00 bits per heavy atom. The molecule has 2 aromatic rings. The molecule has 0 aromatic carbocycles. The van der Waals surface area contributed by atoms with E-state index in [1.54, 1.807) is 17.7 Å². The lowest BCUT2D eigenvalue weighted by Crippen LogP contribution is -2.03. The molecule has 0 amide bonds. The number of aliphatic carboxylic acids is 1. The molecule has 20 heavy (non-hydrogen) atoms. The number of carboxylic acids is 1. The van der Waals surface area contributed by atoms with Gasteiger partial charge in [-0.3, -0.25) is 4.79 Å². The average Bonchev–Trinajstić information content (AvgIpc) is 3.02. The van der Waals surface area contributed by atoms with Gasteiger partial charge in [0, 0.05) is 19.7 Å². The molecule has 0 fully saturated rings. The van der Waals surface area contributed by atoms with Gasteiger partial charge in [0.05, 0.1) is 5.75 Å². The van der Waals surface area contributed by atoms with Crippen LogP contribution in [0.4, 0.5) is 0 Å². The minimum Gasteiger partial charge on any atom is -0.481 e. The molecule has 2 heterocycles. The Labute approximate surface area is 119 Å². The molecule has 108 valence electrons. The van der Waals surface area contributed by atoms with Gasteiger partial charge in [0.15, 0.2) is 22.4 Å². The molecule has 0 aliphatic heterocycles. The molecule has 0 saturated heterocycles. The predicted octanol–water partition coefficient (Wildman–Crippen LogP) is 1.28. The maximum absolute atomic E-state index is 10.6. The van der Waals surface area contributed by atoms with Crippen LogP contribution in [0.15, 0.2) is 15.7 Å². The van der Waals surface area contributed by atoms with Crippen LogP contribution >= 0.6 is 11.8 Å². The Kier molecular flexibility index (Phi) is 4.74. The Morgan fingerprint density at radius 2 is 2.35 bits per heavy atom. The SMILES string of the molecule is CCn1c(SCC(=O)O)nnc1-c1cc(COC)on1. The maximum Gasteiger partial charge on any atom is 0.313 e. The van der Waals surface area contributed by atoms with Crippen LogP contribution in [0.25, 0.3) is 11.5 Å². The number of carbonyl (C=O) groups is 1. The minimum absolute atomic E-state index is 0.0636. The number of aromatic nitrogens is 4. The van der Waals surface area contributed by atoms with E-state index in [9.17, 15) is 4.79 Å². The number of ether oxygens (including phenoxy) is 1. The fourth-order valence-corrected chi connectivity index (χ4v) is 2.35. The van der Waals surface area contributed by atoms with Crippen LogP contribution < -0.4 is 0 Å². The number of nitrogens with zero attached hydrogens (tertiary/aromatic N) is 4. The third kappa shape index (κ3) is 3.17. The summed E-state index contributed by atoms with van der Waals surface area (Å²) in [5, 5.41) is 21.2. The van der Waals surface area contributed by atoms with Gasteiger partial charge in [-0.1, -0.05) is 16.9 Å². The van der Waals surface area contributed by atoms with Gasteiger partial charge in [0.25, 0.3) is 0 Å². The van der Waals surface area contributed by atoms with E-state index in [1.165, 1.54) is 0 Å². The largest absolute Gasteiger partial charge is 0.481 e. The quantitative estimate of drug-likeness (QED) is 0.762. The average molecular weight is 298 g/mol. The summed E-state index contributed by atoms with van der Waals surface area (Å²) in [6.07, 6.45) is 0. The van der Waals surface area contributed by atoms with Gasteiger partial charge in [0.1, 0.15) is 6.61 Å². The van der Waals surface area contributed by atoms with E-state index >= 15 is 0 Å². The van der Waals surface area contributed by atoms with Gasteiger partial charge in [-0.25, -0.2) is 0 Å². The zero-order chi connectivity index (χ0) is 14.5. The lowest BCUT2D eigenvalue weighted by molar-refractivity contribution is -0.133. The molecule has 9 heteroatoms. The van der Waals surface area contributed by atoms with Crippen LogP contribution in [0, 0.1) is 0 Å². The molecule has 2 aromatic heterocycles. The van der Waals surface area contributed by atoms with Gasteiger partial charge in [0.2, 0.25) is 0 Å². The van der Waals surface area contributed by atoms with Crippen molar-refractivity contribution in [2.24, 2.45) is 0 Å². The van der Waals surface area contributed by atoms with E-state index in [0.29, 0.717) is 35.6 Å². The van der Waals surface area contributed by atoms with Crippen molar-refractivity contribution < 1.29 is 19.2 Å². The summed E-state index contributed by atoms with van der Waals surface area (Å²) < 4.78 is 11.9. The highest BCUT2D eigenvalue weighted by Crippen LogP contribution is 2.23. The van der Waals surface area contributed by atoms with Gasteiger partial charge in [-0.05, 0) is 6.92 Å². The molecule has 1 N–H and O–H groups in total. The van der Waals surface area contributed by atoms with Crippen molar-refractivity contribution in [3.8, 4) is 11.5 Å². The summed E-state index contributed by atoms with van der Waals surface area (Å²) >= 11 is 1.12. The summed E-state index contributed by atoms with van der Waals surface area (Å²) in [6, 6.07) is 1.73. The summed E-state index contributed by atoms with van der Waals surface area (Å²) in [6.45, 7) is 2.86. The first kappa shape index (κ1) is 14.5.